The maximum Gasteiger partial charge on any atom is 0.130 e. The Bertz CT molecular complexity index is 534. The van der Waals surface area contributed by atoms with Gasteiger partial charge < -0.3 is 0 Å². The van der Waals surface area contributed by atoms with Gasteiger partial charge in [0.2, 0.25) is 0 Å². The van der Waals surface area contributed by atoms with Gasteiger partial charge in [-0.25, -0.2) is 15.0 Å². The summed E-state index contributed by atoms with van der Waals surface area (Å²) in [5.41, 5.74) is 0. The van der Waals surface area contributed by atoms with Gasteiger partial charge in [0, 0.05) is 18.7 Å². The van der Waals surface area contributed by atoms with Gasteiger partial charge in [-0.1, -0.05) is 6.92 Å². The molecule has 0 aliphatic heterocycles. The Labute approximate surface area is 121 Å². The van der Waals surface area contributed by atoms with E-state index in [9.17, 15) is 0 Å². The SMILES string of the molecule is CCc1nc(Br)cc(Sc2ncccc2Br)n1. The van der Waals surface area contributed by atoms with Gasteiger partial charge in [-0.2, -0.15) is 0 Å². The molecule has 0 amide bonds. The Kier molecular flexibility index (Phi) is 4.53. The lowest BCUT2D eigenvalue weighted by atomic mass is 10.4. The summed E-state index contributed by atoms with van der Waals surface area (Å²) in [6.07, 6.45) is 2.58. The van der Waals surface area contributed by atoms with E-state index in [4.69, 9.17) is 0 Å². The van der Waals surface area contributed by atoms with Crippen LogP contribution in [0.2, 0.25) is 0 Å². The van der Waals surface area contributed by atoms with Crippen molar-refractivity contribution >= 4 is 43.6 Å². The van der Waals surface area contributed by atoms with E-state index in [1.54, 1.807) is 6.20 Å². The second-order valence-corrected chi connectivity index (χ2v) is 5.87. The van der Waals surface area contributed by atoms with Crippen LogP contribution in [-0.2, 0) is 6.42 Å². The summed E-state index contributed by atoms with van der Waals surface area (Å²) >= 11 is 8.38. The van der Waals surface area contributed by atoms with Crippen molar-refractivity contribution in [3.8, 4) is 0 Å². The van der Waals surface area contributed by atoms with Crippen molar-refractivity contribution in [3.05, 3.63) is 39.3 Å². The van der Waals surface area contributed by atoms with E-state index in [-0.39, 0.29) is 0 Å². The molecule has 0 aromatic carbocycles. The Hall–Kier alpha value is -0.460. The molecule has 2 aromatic rings. The normalized spacial score (nSPS) is 10.5. The number of rotatable bonds is 3. The van der Waals surface area contributed by atoms with Crippen molar-refractivity contribution in [2.24, 2.45) is 0 Å². The number of aryl methyl sites for hydroxylation is 1. The van der Waals surface area contributed by atoms with Crippen LogP contribution in [0, 0.1) is 0 Å². The lowest BCUT2D eigenvalue weighted by Gasteiger charge is -2.04. The van der Waals surface area contributed by atoms with Crippen LogP contribution in [0.3, 0.4) is 0 Å². The van der Waals surface area contributed by atoms with E-state index in [1.165, 1.54) is 11.8 Å². The molecule has 0 spiro atoms. The Balaban J connectivity index is 2.30. The summed E-state index contributed by atoms with van der Waals surface area (Å²) in [4.78, 5) is 13.0. The number of nitrogens with zero attached hydrogens (tertiary/aromatic N) is 3. The summed E-state index contributed by atoms with van der Waals surface area (Å²) in [7, 11) is 0. The molecule has 0 aliphatic carbocycles. The van der Waals surface area contributed by atoms with Crippen LogP contribution in [0.4, 0.5) is 0 Å². The van der Waals surface area contributed by atoms with E-state index in [0.29, 0.717) is 0 Å². The average molecular weight is 375 g/mol. The highest BCUT2D eigenvalue weighted by Gasteiger charge is 2.07. The third kappa shape index (κ3) is 3.50. The smallest absolute Gasteiger partial charge is 0.130 e. The van der Waals surface area contributed by atoms with Crippen molar-refractivity contribution < 1.29 is 0 Å². The Morgan fingerprint density at radius 2 is 2.12 bits per heavy atom. The number of pyridine rings is 1. The Morgan fingerprint density at radius 1 is 1.29 bits per heavy atom. The summed E-state index contributed by atoms with van der Waals surface area (Å²) < 4.78 is 1.77. The first-order valence-corrected chi connectivity index (χ1v) is 7.41. The zero-order chi connectivity index (χ0) is 12.3. The molecule has 0 saturated heterocycles. The van der Waals surface area contributed by atoms with Gasteiger partial charge in [-0.05, 0) is 55.8 Å². The predicted octanol–water partition coefficient (Wildman–Crippen LogP) is 4.11. The quantitative estimate of drug-likeness (QED) is 0.757. The van der Waals surface area contributed by atoms with Gasteiger partial charge in [0.25, 0.3) is 0 Å². The van der Waals surface area contributed by atoms with Crippen molar-refractivity contribution in [1.82, 2.24) is 15.0 Å². The molecule has 2 aromatic heterocycles. The van der Waals surface area contributed by atoms with Crippen molar-refractivity contribution in [2.75, 3.05) is 0 Å². The monoisotopic (exact) mass is 373 g/mol. The van der Waals surface area contributed by atoms with E-state index >= 15 is 0 Å². The van der Waals surface area contributed by atoms with Gasteiger partial charge in [-0.15, -0.1) is 0 Å². The zero-order valence-corrected chi connectivity index (χ0v) is 13.0. The fourth-order valence-electron chi connectivity index (χ4n) is 1.20. The fourth-order valence-corrected chi connectivity index (χ4v) is 3.07. The van der Waals surface area contributed by atoms with Crippen LogP contribution in [0.15, 0.2) is 43.5 Å². The van der Waals surface area contributed by atoms with Gasteiger partial charge in [-0.3, -0.25) is 0 Å². The molecule has 88 valence electrons. The van der Waals surface area contributed by atoms with Gasteiger partial charge in [0.15, 0.2) is 0 Å². The highest BCUT2D eigenvalue weighted by Crippen LogP contribution is 2.31. The van der Waals surface area contributed by atoms with Crippen molar-refractivity contribution in [1.29, 1.82) is 0 Å². The van der Waals surface area contributed by atoms with Crippen LogP contribution in [-0.4, -0.2) is 15.0 Å². The summed E-state index contributed by atoms with van der Waals surface area (Å²) in [5, 5.41) is 1.79. The highest BCUT2D eigenvalue weighted by molar-refractivity contribution is 9.10. The number of hydrogen-bond acceptors (Lipinski definition) is 4. The Morgan fingerprint density at radius 3 is 2.82 bits per heavy atom. The van der Waals surface area contributed by atoms with E-state index in [1.807, 2.05) is 25.1 Å². The summed E-state index contributed by atoms with van der Waals surface area (Å²) in [6.45, 7) is 2.03. The maximum atomic E-state index is 4.45. The lowest BCUT2D eigenvalue weighted by Crippen LogP contribution is -1.95. The van der Waals surface area contributed by atoms with E-state index < -0.39 is 0 Å². The average Bonchev–Trinajstić information content (AvgIpc) is 2.31. The van der Waals surface area contributed by atoms with Gasteiger partial charge in [0.1, 0.15) is 20.5 Å². The molecule has 0 aliphatic rings. The highest BCUT2D eigenvalue weighted by atomic mass is 79.9. The summed E-state index contributed by atoms with van der Waals surface area (Å²) in [6, 6.07) is 5.75. The second kappa shape index (κ2) is 5.93. The zero-order valence-electron chi connectivity index (χ0n) is 9.02. The maximum absolute atomic E-state index is 4.45. The van der Waals surface area contributed by atoms with E-state index in [2.05, 4.69) is 46.8 Å². The minimum Gasteiger partial charge on any atom is -0.248 e. The number of halogens is 2. The molecule has 0 N–H and O–H groups in total. The predicted molar refractivity (Wildman–Crippen MR) is 75.2 cm³/mol. The molecule has 2 rings (SSSR count). The minimum absolute atomic E-state index is 0.805. The topological polar surface area (TPSA) is 38.7 Å². The van der Waals surface area contributed by atoms with Gasteiger partial charge in [0.05, 0.1) is 4.47 Å². The molecule has 0 unspecified atom stereocenters. The summed E-state index contributed by atoms with van der Waals surface area (Å²) in [5.74, 6) is 0.828. The van der Waals surface area contributed by atoms with Crippen molar-refractivity contribution in [3.63, 3.8) is 0 Å². The first kappa shape index (κ1) is 13.0. The molecule has 3 nitrogen and oxygen atoms in total. The number of aromatic nitrogens is 3. The van der Waals surface area contributed by atoms with Crippen molar-refractivity contribution in [2.45, 2.75) is 23.4 Å². The molecule has 2 heterocycles. The largest absolute Gasteiger partial charge is 0.248 e. The standard InChI is InChI=1S/C11H9Br2N3S/c1-2-9-15-8(13)6-10(16-9)17-11-7(12)4-3-5-14-11/h3-6H,2H2,1H3. The molecule has 0 fully saturated rings. The van der Waals surface area contributed by atoms with Crippen LogP contribution >= 0.6 is 43.6 Å². The number of hydrogen-bond donors (Lipinski definition) is 0. The molecule has 0 radical (unpaired) electrons. The van der Waals surface area contributed by atoms with Gasteiger partial charge >= 0.3 is 0 Å². The molecular weight excluding hydrogens is 366 g/mol. The molecular formula is C11H9Br2N3S. The molecule has 0 bridgehead atoms. The first-order chi connectivity index (χ1) is 8.19. The first-order valence-electron chi connectivity index (χ1n) is 5.01. The van der Waals surface area contributed by atoms with Crippen LogP contribution in [0.1, 0.15) is 12.7 Å². The molecule has 0 saturated carbocycles. The fraction of sp³-hybridized carbons (Fsp3) is 0.182. The third-order valence-corrected chi connectivity index (χ3v) is 4.21. The lowest BCUT2D eigenvalue weighted by molar-refractivity contribution is 0.875. The van der Waals surface area contributed by atoms with Crippen LogP contribution in [0.5, 0.6) is 0 Å². The van der Waals surface area contributed by atoms with E-state index in [0.717, 1.165) is 31.4 Å². The van der Waals surface area contributed by atoms with Crippen LogP contribution in [0.25, 0.3) is 0 Å². The minimum atomic E-state index is 0.805. The third-order valence-electron chi connectivity index (χ3n) is 1.96. The molecule has 0 atom stereocenters. The second-order valence-electron chi connectivity index (χ2n) is 3.19. The van der Waals surface area contributed by atoms with Crippen LogP contribution < -0.4 is 0 Å². The molecule has 6 heteroatoms. The molecule has 17 heavy (non-hydrogen) atoms.